The largest absolute Gasteiger partial charge is 0.490 e. The molecule has 1 aliphatic heterocycles. The summed E-state index contributed by atoms with van der Waals surface area (Å²) >= 11 is 6.76. The van der Waals surface area contributed by atoms with E-state index in [0.29, 0.717) is 39.4 Å². The van der Waals surface area contributed by atoms with Gasteiger partial charge in [-0.2, -0.15) is 0 Å². The molecule has 3 aromatic rings. The summed E-state index contributed by atoms with van der Waals surface area (Å²) < 4.78 is 12.9. The van der Waals surface area contributed by atoms with E-state index in [4.69, 9.17) is 9.47 Å². The van der Waals surface area contributed by atoms with Gasteiger partial charge in [0.15, 0.2) is 11.5 Å². The van der Waals surface area contributed by atoms with Crippen LogP contribution in [-0.2, 0) is 16.2 Å². The first-order valence-corrected chi connectivity index (χ1v) is 12.8. The van der Waals surface area contributed by atoms with Gasteiger partial charge >= 0.3 is 6.03 Å². The van der Waals surface area contributed by atoms with Crippen LogP contribution in [0.4, 0.5) is 16.2 Å². The molecular weight excluding hydrogens is 626 g/mol. The number of anilines is 1. The van der Waals surface area contributed by atoms with Gasteiger partial charge in [0.1, 0.15) is 12.2 Å². The third-order valence-electron chi connectivity index (χ3n) is 5.36. The maximum atomic E-state index is 13.2. The minimum Gasteiger partial charge on any atom is -0.490 e. The molecule has 1 N–H and O–H groups in total. The quantitative estimate of drug-likeness (QED) is 0.143. The maximum Gasteiger partial charge on any atom is 0.335 e. The lowest BCUT2D eigenvalue weighted by molar-refractivity contribution is -0.384. The molecule has 0 aromatic heterocycles. The number of ether oxygens (including phenoxy) is 2. The van der Waals surface area contributed by atoms with Crippen molar-refractivity contribution in [1.82, 2.24) is 5.32 Å². The highest BCUT2D eigenvalue weighted by molar-refractivity contribution is 9.10. The Kier molecular flexibility index (Phi) is 8.23. The van der Waals surface area contributed by atoms with Gasteiger partial charge < -0.3 is 9.47 Å². The Labute approximate surface area is 233 Å². The number of halogens is 2. The zero-order valence-electron chi connectivity index (χ0n) is 19.8. The Hall–Kier alpha value is -4.03. The predicted molar refractivity (Wildman–Crippen MR) is 146 cm³/mol. The van der Waals surface area contributed by atoms with Crippen LogP contribution in [0.15, 0.2) is 75.2 Å². The molecule has 1 fully saturated rings. The molecule has 4 rings (SSSR count). The van der Waals surface area contributed by atoms with Crippen molar-refractivity contribution in [2.75, 3.05) is 11.5 Å². The number of imide groups is 2. The summed E-state index contributed by atoms with van der Waals surface area (Å²) in [5.41, 5.74) is 1.20. The maximum absolute atomic E-state index is 13.2. The van der Waals surface area contributed by atoms with Crippen LogP contribution in [0.25, 0.3) is 6.08 Å². The van der Waals surface area contributed by atoms with Gasteiger partial charge in [-0.05, 0) is 88.6 Å². The molecular formula is C26H19Br2N3O7. The van der Waals surface area contributed by atoms with E-state index in [0.717, 1.165) is 9.37 Å². The standard InChI is InChI=1S/C26H19Br2N3O7/c1-2-37-22-13-16(12-21(28)23(22)38-14-15-3-7-19(8-4-15)31(35)36)11-20-24(32)29-26(34)30(25(20)33)18-9-5-17(27)6-10-18/h3-13H,2,14H2,1H3,(H,29,32,34)/b20-11+. The van der Waals surface area contributed by atoms with Gasteiger partial charge in [0.25, 0.3) is 17.5 Å². The summed E-state index contributed by atoms with van der Waals surface area (Å²) in [6, 6.07) is 14.9. The van der Waals surface area contributed by atoms with Crippen LogP contribution >= 0.6 is 31.9 Å². The van der Waals surface area contributed by atoms with Crippen LogP contribution in [0.5, 0.6) is 11.5 Å². The Morgan fingerprint density at radius 2 is 1.68 bits per heavy atom. The van der Waals surface area contributed by atoms with Crippen molar-refractivity contribution in [2.45, 2.75) is 13.5 Å². The molecule has 0 radical (unpaired) electrons. The SMILES string of the molecule is CCOc1cc(/C=C2\C(=O)NC(=O)N(c3ccc(Br)cc3)C2=O)cc(Br)c1OCc1ccc([N+](=O)[O-])cc1. The van der Waals surface area contributed by atoms with Crippen molar-refractivity contribution in [3.63, 3.8) is 0 Å². The molecule has 0 atom stereocenters. The lowest BCUT2D eigenvalue weighted by Crippen LogP contribution is -2.54. The summed E-state index contributed by atoms with van der Waals surface area (Å²) in [4.78, 5) is 49.5. The summed E-state index contributed by atoms with van der Waals surface area (Å²) in [6.45, 7) is 2.22. The highest BCUT2D eigenvalue weighted by atomic mass is 79.9. The third kappa shape index (κ3) is 5.92. The minimum atomic E-state index is -0.842. The van der Waals surface area contributed by atoms with E-state index < -0.39 is 22.8 Å². The number of benzene rings is 3. The van der Waals surface area contributed by atoms with E-state index in [1.165, 1.54) is 18.2 Å². The average Bonchev–Trinajstić information content (AvgIpc) is 2.87. The van der Waals surface area contributed by atoms with E-state index in [1.54, 1.807) is 55.5 Å². The van der Waals surface area contributed by atoms with Crippen LogP contribution in [0.2, 0.25) is 0 Å². The Morgan fingerprint density at radius 3 is 2.32 bits per heavy atom. The van der Waals surface area contributed by atoms with Gasteiger partial charge in [0.05, 0.1) is 21.7 Å². The van der Waals surface area contributed by atoms with Gasteiger partial charge in [-0.15, -0.1) is 0 Å². The fourth-order valence-corrected chi connectivity index (χ4v) is 4.43. The number of non-ortho nitro benzene ring substituents is 1. The van der Waals surface area contributed by atoms with Crippen molar-refractivity contribution >= 4 is 67.2 Å². The topological polar surface area (TPSA) is 128 Å². The fourth-order valence-electron chi connectivity index (χ4n) is 3.59. The number of nitrogens with zero attached hydrogens (tertiary/aromatic N) is 2. The predicted octanol–water partition coefficient (Wildman–Crippen LogP) is 5.76. The number of amides is 4. The zero-order valence-corrected chi connectivity index (χ0v) is 22.9. The molecule has 1 saturated heterocycles. The van der Waals surface area contributed by atoms with Crippen molar-refractivity contribution in [1.29, 1.82) is 0 Å². The van der Waals surface area contributed by atoms with Gasteiger partial charge in [0.2, 0.25) is 0 Å². The van der Waals surface area contributed by atoms with Crippen molar-refractivity contribution < 1.29 is 28.8 Å². The minimum absolute atomic E-state index is 0.0241. The molecule has 1 heterocycles. The lowest BCUT2D eigenvalue weighted by Gasteiger charge is -2.26. The second-order valence-corrected chi connectivity index (χ2v) is 9.68. The van der Waals surface area contributed by atoms with Crippen molar-refractivity contribution in [3.05, 3.63) is 96.4 Å². The molecule has 1 aliphatic rings. The summed E-state index contributed by atoms with van der Waals surface area (Å²) in [7, 11) is 0. The number of nitrogens with one attached hydrogen (secondary N) is 1. The van der Waals surface area contributed by atoms with Crippen LogP contribution in [-0.4, -0.2) is 29.4 Å². The van der Waals surface area contributed by atoms with Crippen molar-refractivity contribution in [3.8, 4) is 11.5 Å². The number of carbonyl (C=O) groups excluding carboxylic acids is 3. The Balaban J connectivity index is 1.62. The molecule has 0 saturated carbocycles. The molecule has 0 aliphatic carbocycles. The molecule has 10 nitrogen and oxygen atoms in total. The number of nitro benzene ring substituents is 1. The number of barbiturate groups is 1. The first kappa shape index (κ1) is 27.0. The summed E-state index contributed by atoms with van der Waals surface area (Å²) in [6.07, 6.45) is 1.36. The highest BCUT2D eigenvalue weighted by Crippen LogP contribution is 2.38. The van der Waals surface area contributed by atoms with Gasteiger partial charge in [-0.25, -0.2) is 9.69 Å². The number of urea groups is 1. The van der Waals surface area contributed by atoms with Crippen molar-refractivity contribution in [2.24, 2.45) is 0 Å². The molecule has 194 valence electrons. The normalized spacial score (nSPS) is 14.4. The van der Waals surface area contributed by atoms with E-state index >= 15 is 0 Å². The van der Waals surface area contributed by atoms with Crippen LogP contribution in [0.3, 0.4) is 0 Å². The Bertz CT molecular complexity index is 1450. The van der Waals surface area contributed by atoms with E-state index in [9.17, 15) is 24.5 Å². The van der Waals surface area contributed by atoms with Gasteiger partial charge in [-0.1, -0.05) is 15.9 Å². The average molecular weight is 645 g/mol. The number of carbonyl (C=O) groups is 3. The van der Waals surface area contributed by atoms with Crippen LogP contribution in [0.1, 0.15) is 18.1 Å². The third-order valence-corrected chi connectivity index (χ3v) is 6.48. The van der Waals surface area contributed by atoms with E-state index in [2.05, 4.69) is 37.2 Å². The van der Waals surface area contributed by atoms with Gasteiger partial charge in [-0.3, -0.25) is 25.0 Å². The fraction of sp³-hybridized carbons (Fsp3) is 0.115. The molecule has 0 unspecified atom stereocenters. The monoisotopic (exact) mass is 643 g/mol. The molecule has 4 amide bonds. The van der Waals surface area contributed by atoms with E-state index in [-0.39, 0.29) is 17.9 Å². The Morgan fingerprint density at radius 1 is 1.00 bits per heavy atom. The smallest absolute Gasteiger partial charge is 0.335 e. The first-order chi connectivity index (χ1) is 18.2. The summed E-state index contributed by atoms with van der Waals surface area (Å²) in [5, 5.41) is 13.1. The van der Waals surface area contributed by atoms with Gasteiger partial charge in [0, 0.05) is 16.6 Å². The highest BCUT2D eigenvalue weighted by Gasteiger charge is 2.36. The molecule has 12 heteroatoms. The molecule has 0 bridgehead atoms. The summed E-state index contributed by atoms with van der Waals surface area (Å²) in [5.74, 6) is -0.867. The first-order valence-electron chi connectivity index (χ1n) is 11.2. The second-order valence-electron chi connectivity index (χ2n) is 7.91. The second kappa shape index (κ2) is 11.6. The molecule has 3 aromatic carbocycles. The molecule has 38 heavy (non-hydrogen) atoms. The number of nitro groups is 1. The van der Waals surface area contributed by atoms with Crippen LogP contribution in [0, 0.1) is 10.1 Å². The number of hydrogen-bond acceptors (Lipinski definition) is 7. The van der Waals surface area contributed by atoms with Crippen LogP contribution < -0.4 is 19.7 Å². The molecule has 0 spiro atoms. The number of hydrogen-bond donors (Lipinski definition) is 1. The zero-order chi connectivity index (χ0) is 27.4. The van der Waals surface area contributed by atoms with E-state index in [1.807, 2.05) is 0 Å². The lowest BCUT2D eigenvalue weighted by atomic mass is 10.1. The number of rotatable bonds is 8.